The number of rotatable bonds is 28. The van der Waals surface area contributed by atoms with Crippen molar-refractivity contribution in [3.05, 3.63) is 0 Å². The van der Waals surface area contributed by atoms with Gasteiger partial charge in [-0.2, -0.15) is 0 Å². The minimum atomic E-state index is -1.65. The van der Waals surface area contributed by atoms with Crippen molar-refractivity contribution in [1.29, 1.82) is 0 Å². The van der Waals surface area contributed by atoms with Gasteiger partial charge < -0.3 is 50.5 Å². The maximum atomic E-state index is 12.9. The van der Waals surface area contributed by atoms with Crippen LogP contribution in [0.2, 0.25) is 0 Å². The first-order valence-electron chi connectivity index (χ1n) is 17.9. The van der Waals surface area contributed by atoms with E-state index in [0.717, 1.165) is 38.5 Å². The monoisotopic (exact) mass is 649 g/mol. The van der Waals surface area contributed by atoms with Crippen molar-refractivity contribution in [2.75, 3.05) is 13.2 Å². The number of unbranched alkanes of at least 4 members (excludes halogenated alkanes) is 16. The molecular weight excluding hydrogens is 582 g/mol. The van der Waals surface area contributed by atoms with Gasteiger partial charge in [0.15, 0.2) is 6.29 Å². The van der Waals surface area contributed by atoms with Crippen molar-refractivity contribution in [1.82, 2.24) is 5.32 Å². The molecule has 0 aromatic carbocycles. The molecule has 1 saturated heterocycles. The van der Waals surface area contributed by atoms with Crippen LogP contribution in [0.25, 0.3) is 0 Å². The molecule has 0 saturated carbocycles. The summed E-state index contributed by atoms with van der Waals surface area (Å²) in [6.07, 6.45) is 9.05. The molecule has 8 N–H and O–H groups in total. The zero-order valence-corrected chi connectivity index (χ0v) is 28.1. The number of ether oxygens (including phenoxy) is 2. The molecule has 9 unspecified atom stereocenters. The summed E-state index contributed by atoms with van der Waals surface area (Å²) in [6, 6.07) is -1.16. The summed E-state index contributed by atoms with van der Waals surface area (Å²) in [7, 11) is 0. The molecule has 1 rings (SSSR count). The second-order valence-electron chi connectivity index (χ2n) is 13.0. The lowest BCUT2D eigenvalue weighted by atomic mass is 9.98. The lowest BCUT2D eigenvalue weighted by molar-refractivity contribution is -0.303. The minimum Gasteiger partial charge on any atom is -0.394 e. The lowest BCUT2D eigenvalue weighted by Crippen LogP contribution is -2.60. The van der Waals surface area contributed by atoms with E-state index in [0.29, 0.717) is 19.3 Å². The van der Waals surface area contributed by atoms with Crippen molar-refractivity contribution >= 4 is 5.91 Å². The Morgan fingerprint density at radius 3 is 1.64 bits per heavy atom. The van der Waals surface area contributed by atoms with Crippen LogP contribution in [-0.2, 0) is 14.3 Å². The molecule has 268 valence electrons. The highest BCUT2D eigenvalue weighted by atomic mass is 16.7. The SMILES string of the molecule is CCCCCCCCCCCCC(O)C(=O)NC(COC1OC(CO)C(O)C(O)C1O)C(O)C(O)CCCCCCCCCC. The van der Waals surface area contributed by atoms with Crippen LogP contribution in [0.3, 0.4) is 0 Å². The fourth-order valence-electron chi connectivity index (χ4n) is 5.79. The Kier molecular flexibility index (Phi) is 24.4. The van der Waals surface area contributed by atoms with Gasteiger partial charge in [-0.1, -0.05) is 129 Å². The van der Waals surface area contributed by atoms with Gasteiger partial charge >= 0.3 is 0 Å². The van der Waals surface area contributed by atoms with Crippen molar-refractivity contribution in [3.63, 3.8) is 0 Å². The number of nitrogens with one attached hydrogen (secondary N) is 1. The Labute approximate surface area is 271 Å². The largest absolute Gasteiger partial charge is 0.394 e. The molecule has 1 fully saturated rings. The van der Waals surface area contributed by atoms with Crippen LogP contribution in [-0.4, -0.2) is 110 Å². The van der Waals surface area contributed by atoms with Gasteiger partial charge in [0.2, 0.25) is 5.91 Å². The summed E-state index contributed by atoms with van der Waals surface area (Å²) in [4.78, 5) is 12.9. The van der Waals surface area contributed by atoms with Crippen LogP contribution in [0, 0.1) is 0 Å². The van der Waals surface area contributed by atoms with E-state index in [4.69, 9.17) is 9.47 Å². The number of carbonyl (C=O) groups excluding carboxylic acids is 1. The molecule has 11 nitrogen and oxygen atoms in total. The molecular formula is C34H67NO10. The molecule has 0 spiro atoms. The third-order valence-electron chi connectivity index (χ3n) is 8.91. The molecule has 0 aromatic heterocycles. The molecule has 0 radical (unpaired) electrons. The second kappa shape index (κ2) is 26.1. The highest BCUT2D eigenvalue weighted by molar-refractivity contribution is 5.80. The Hall–Kier alpha value is -0.890. The van der Waals surface area contributed by atoms with Crippen molar-refractivity contribution in [3.8, 4) is 0 Å². The first kappa shape index (κ1) is 42.1. The number of aliphatic hydroxyl groups excluding tert-OH is 7. The third kappa shape index (κ3) is 17.7. The van der Waals surface area contributed by atoms with Gasteiger partial charge in [-0.15, -0.1) is 0 Å². The summed E-state index contributed by atoms with van der Waals surface area (Å²) in [5, 5.41) is 74.8. The first-order valence-corrected chi connectivity index (χ1v) is 17.9. The number of amides is 1. The predicted octanol–water partition coefficient (Wildman–Crippen LogP) is 3.21. The van der Waals surface area contributed by atoms with E-state index >= 15 is 0 Å². The summed E-state index contributed by atoms with van der Waals surface area (Å²) >= 11 is 0. The standard InChI is InChI=1S/C34H67NO10/c1-3-5-7-9-11-13-14-16-18-20-22-27(38)33(43)35-25(24-44-34-32(42)31(41)30(40)28(23-36)45-34)29(39)26(37)21-19-17-15-12-10-8-6-4-2/h25-32,34,36-42H,3-24H2,1-2H3,(H,35,43). The lowest BCUT2D eigenvalue weighted by Gasteiger charge is -2.40. The zero-order valence-electron chi connectivity index (χ0n) is 28.1. The quantitative estimate of drug-likeness (QED) is 0.0585. The molecule has 1 heterocycles. The molecule has 11 heteroatoms. The van der Waals surface area contributed by atoms with E-state index in [2.05, 4.69) is 19.2 Å². The molecule has 0 aliphatic carbocycles. The van der Waals surface area contributed by atoms with E-state index < -0.39 is 74.2 Å². The van der Waals surface area contributed by atoms with E-state index in [1.165, 1.54) is 64.2 Å². The molecule has 45 heavy (non-hydrogen) atoms. The van der Waals surface area contributed by atoms with Gasteiger partial charge in [0.1, 0.15) is 36.6 Å². The van der Waals surface area contributed by atoms with E-state index in [-0.39, 0.29) is 6.42 Å². The first-order chi connectivity index (χ1) is 21.7. The third-order valence-corrected chi connectivity index (χ3v) is 8.91. The van der Waals surface area contributed by atoms with Crippen LogP contribution < -0.4 is 5.32 Å². The van der Waals surface area contributed by atoms with Crippen molar-refractivity contribution in [2.45, 2.75) is 197 Å². The normalized spacial score (nSPS) is 24.7. The van der Waals surface area contributed by atoms with E-state index in [1.54, 1.807) is 0 Å². The average Bonchev–Trinajstić information content (AvgIpc) is 3.04. The van der Waals surface area contributed by atoms with Gasteiger partial charge in [-0.3, -0.25) is 4.79 Å². The summed E-state index contributed by atoms with van der Waals surface area (Å²) < 4.78 is 11.0. The summed E-state index contributed by atoms with van der Waals surface area (Å²) in [5.74, 6) is -0.702. The fraction of sp³-hybridized carbons (Fsp3) is 0.971. The molecule has 0 aromatic rings. The van der Waals surface area contributed by atoms with Crippen LogP contribution in [0.1, 0.15) is 142 Å². The Bertz CT molecular complexity index is 714. The second-order valence-corrected chi connectivity index (χ2v) is 13.0. The number of carbonyl (C=O) groups is 1. The number of aliphatic hydroxyl groups is 7. The smallest absolute Gasteiger partial charge is 0.249 e. The zero-order chi connectivity index (χ0) is 33.5. The highest BCUT2D eigenvalue weighted by Gasteiger charge is 2.44. The fourth-order valence-corrected chi connectivity index (χ4v) is 5.79. The molecule has 1 amide bonds. The minimum absolute atomic E-state index is 0.263. The van der Waals surface area contributed by atoms with Crippen molar-refractivity contribution < 1.29 is 50.0 Å². The molecule has 1 aliphatic heterocycles. The van der Waals surface area contributed by atoms with Crippen LogP contribution in [0.5, 0.6) is 0 Å². The summed E-state index contributed by atoms with van der Waals surface area (Å²) in [5.41, 5.74) is 0. The maximum Gasteiger partial charge on any atom is 0.249 e. The Morgan fingerprint density at radius 1 is 0.689 bits per heavy atom. The van der Waals surface area contributed by atoms with Crippen LogP contribution in [0.15, 0.2) is 0 Å². The number of hydrogen-bond acceptors (Lipinski definition) is 10. The molecule has 9 atom stereocenters. The van der Waals surface area contributed by atoms with Gasteiger partial charge in [0, 0.05) is 0 Å². The number of hydrogen-bond donors (Lipinski definition) is 8. The van der Waals surface area contributed by atoms with Gasteiger partial charge in [0.05, 0.1) is 25.4 Å². The van der Waals surface area contributed by atoms with E-state index in [9.17, 15) is 40.5 Å². The Morgan fingerprint density at radius 2 is 1.16 bits per heavy atom. The average molecular weight is 650 g/mol. The summed E-state index contributed by atoms with van der Waals surface area (Å²) in [6.45, 7) is 3.33. The van der Waals surface area contributed by atoms with E-state index in [1.807, 2.05) is 0 Å². The van der Waals surface area contributed by atoms with Gasteiger partial charge in [-0.25, -0.2) is 0 Å². The van der Waals surface area contributed by atoms with Gasteiger partial charge in [-0.05, 0) is 12.8 Å². The van der Waals surface area contributed by atoms with Crippen molar-refractivity contribution in [2.24, 2.45) is 0 Å². The van der Waals surface area contributed by atoms with Crippen LogP contribution >= 0.6 is 0 Å². The topological polar surface area (TPSA) is 189 Å². The maximum absolute atomic E-state index is 12.9. The Balaban J connectivity index is 2.62. The highest BCUT2D eigenvalue weighted by Crippen LogP contribution is 2.23. The predicted molar refractivity (Wildman–Crippen MR) is 173 cm³/mol. The van der Waals surface area contributed by atoms with Crippen LogP contribution in [0.4, 0.5) is 0 Å². The van der Waals surface area contributed by atoms with Gasteiger partial charge in [0.25, 0.3) is 0 Å². The molecule has 1 aliphatic rings. The molecule has 0 bridgehead atoms.